The highest BCUT2D eigenvalue weighted by atomic mass is 16.9. The maximum Gasteiger partial charge on any atom is 0.437 e. The number of amides is 1. The fraction of sp³-hybridized carbons (Fsp3) is 0.385. The number of carbonyl (C=O) groups excluding carboxylic acids is 1. The largest absolute Gasteiger partial charge is 0.442 e. The lowest BCUT2D eigenvalue weighted by Crippen LogP contribution is -2.27. The Balaban J connectivity index is 1.98. The molecule has 0 unspecified atom stereocenters. The van der Waals surface area contributed by atoms with Crippen LogP contribution in [-0.2, 0) is 9.57 Å². The molecule has 5 nitrogen and oxygen atoms in total. The van der Waals surface area contributed by atoms with Crippen LogP contribution in [0.4, 0.5) is 4.79 Å². The zero-order valence-electron chi connectivity index (χ0n) is 10.5. The highest BCUT2D eigenvalue weighted by Gasteiger charge is 2.45. The fourth-order valence-corrected chi connectivity index (χ4v) is 1.44. The summed E-state index contributed by atoms with van der Waals surface area (Å²) in [6.07, 6.45) is -0.913. The van der Waals surface area contributed by atoms with E-state index in [2.05, 4.69) is 0 Å². The van der Waals surface area contributed by atoms with E-state index in [1.165, 1.54) is 5.06 Å². The maximum atomic E-state index is 11.7. The second-order valence-corrected chi connectivity index (χ2v) is 5.00. The van der Waals surface area contributed by atoms with Crippen molar-refractivity contribution in [3.8, 4) is 6.07 Å². The van der Waals surface area contributed by atoms with Crippen LogP contribution in [0.5, 0.6) is 0 Å². The number of ether oxygens (including phenoxy) is 1. The van der Waals surface area contributed by atoms with Gasteiger partial charge in [-0.25, -0.2) is 9.63 Å². The summed E-state index contributed by atoms with van der Waals surface area (Å²) in [7, 11) is 0. The van der Waals surface area contributed by atoms with Gasteiger partial charge >= 0.3 is 6.09 Å². The van der Waals surface area contributed by atoms with Gasteiger partial charge in [-0.1, -0.05) is 12.1 Å². The van der Waals surface area contributed by atoms with Crippen molar-refractivity contribution in [2.24, 2.45) is 0 Å². The summed E-state index contributed by atoms with van der Waals surface area (Å²) in [5, 5.41) is 9.86. The topological polar surface area (TPSA) is 65.6 Å². The van der Waals surface area contributed by atoms with Gasteiger partial charge in [0, 0.05) is 5.56 Å². The average Bonchev–Trinajstić information content (AvgIpc) is 3.07. The summed E-state index contributed by atoms with van der Waals surface area (Å²) in [6.45, 7) is 5.39. The lowest BCUT2D eigenvalue weighted by Gasteiger charge is -2.18. The molecule has 1 fully saturated rings. The van der Waals surface area contributed by atoms with Gasteiger partial charge in [-0.15, -0.1) is 5.06 Å². The summed E-state index contributed by atoms with van der Waals surface area (Å²) >= 11 is 0. The molecule has 0 bridgehead atoms. The van der Waals surface area contributed by atoms with Gasteiger partial charge in [-0.05, 0) is 32.9 Å². The molecule has 0 N–H and O–H groups in total. The molecule has 1 aromatic rings. The van der Waals surface area contributed by atoms with Crippen LogP contribution in [-0.4, -0.2) is 16.8 Å². The molecule has 0 saturated carbocycles. The van der Waals surface area contributed by atoms with Crippen molar-refractivity contribution in [3.63, 3.8) is 0 Å². The van der Waals surface area contributed by atoms with Crippen molar-refractivity contribution in [1.29, 1.82) is 5.26 Å². The van der Waals surface area contributed by atoms with Crippen LogP contribution in [0.3, 0.4) is 0 Å². The number of benzene rings is 1. The van der Waals surface area contributed by atoms with Gasteiger partial charge in [0.15, 0.2) is 0 Å². The van der Waals surface area contributed by atoms with Crippen LogP contribution in [0.2, 0.25) is 0 Å². The molecule has 18 heavy (non-hydrogen) atoms. The zero-order chi connectivity index (χ0) is 13.3. The third-order valence-corrected chi connectivity index (χ3v) is 2.28. The van der Waals surface area contributed by atoms with E-state index in [0.29, 0.717) is 5.56 Å². The quantitative estimate of drug-likeness (QED) is 0.714. The first-order valence-corrected chi connectivity index (χ1v) is 5.60. The Hall–Kier alpha value is -2.06. The minimum Gasteiger partial charge on any atom is -0.442 e. The fourth-order valence-electron chi connectivity index (χ4n) is 1.44. The first-order valence-electron chi connectivity index (χ1n) is 5.60. The molecule has 1 heterocycles. The SMILES string of the molecule is CC(C)(C)OC(=O)N1O[C@H]1c1ccc(C#N)cc1. The second kappa shape index (κ2) is 4.31. The highest BCUT2D eigenvalue weighted by molar-refractivity contribution is 5.69. The molecule has 1 aliphatic rings. The smallest absolute Gasteiger partial charge is 0.437 e. The van der Waals surface area contributed by atoms with Crippen LogP contribution in [0.25, 0.3) is 0 Å². The summed E-state index contributed by atoms with van der Waals surface area (Å²) < 4.78 is 5.17. The third-order valence-electron chi connectivity index (χ3n) is 2.28. The summed E-state index contributed by atoms with van der Waals surface area (Å²) in [4.78, 5) is 16.8. The Bertz CT molecular complexity index is 496. The predicted octanol–water partition coefficient (Wildman–Crippen LogP) is 2.74. The molecule has 1 atom stereocenters. The van der Waals surface area contributed by atoms with E-state index in [4.69, 9.17) is 14.8 Å². The second-order valence-electron chi connectivity index (χ2n) is 5.00. The number of hydrogen-bond donors (Lipinski definition) is 0. The average molecular weight is 246 g/mol. The predicted molar refractivity (Wildman–Crippen MR) is 63.1 cm³/mol. The van der Waals surface area contributed by atoms with Crippen LogP contribution in [0.15, 0.2) is 24.3 Å². The minimum absolute atomic E-state index is 0.410. The first-order chi connectivity index (χ1) is 8.40. The Morgan fingerprint density at radius 2 is 2.00 bits per heavy atom. The van der Waals surface area contributed by atoms with Crippen LogP contribution < -0.4 is 0 Å². The Labute approximate surface area is 105 Å². The van der Waals surface area contributed by atoms with E-state index in [0.717, 1.165) is 5.56 Å². The van der Waals surface area contributed by atoms with Gasteiger partial charge in [-0.2, -0.15) is 5.26 Å². The molecular formula is C13H14N2O3. The standard InChI is InChI=1S/C13H14N2O3/c1-13(2,3)17-12(16)15-11(18-15)10-6-4-9(8-14)5-7-10/h4-7,11H,1-3H3/t11-,15?/m0/s1. The number of carbonyl (C=O) groups is 1. The molecular weight excluding hydrogens is 232 g/mol. The molecule has 1 aliphatic heterocycles. The van der Waals surface area contributed by atoms with Crippen molar-refractivity contribution in [3.05, 3.63) is 35.4 Å². The monoisotopic (exact) mass is 246 g/mol. The van der Waals surface area contributed by atoms with Gasteiger partial charge in [0.2, 0.25) is 6.23 Å². The zero-order valence-corrected chi connectivity index (χ0v) is 10.5. The van der Waals surface area contributed by atoms with Crippen molar-refractivity contribution in [2.75, 3.05) is 0 Å². The summed E-state index contributed by atoms with van der Waals surface area (Å²) in [5.41, 5.74) is 0.848. The number of rotatable bonds is 1. The molecule has 94 valence electrons. The minimum atomic E-state index is -0.543. The highest BCUT2D eigenvalue weighted by Crippen LogP contribution is 2.38. The molecule has 0 radical (unpaired) electrons. The van der Waals surface area contributed by atoms with Crippen molar-refractivity contribution >= 4 is 6.09 Å². The molecule has 0 aliphatic carbocycles. The Morgan fingerprint density at radius 3 is 2.50 bits per heavy atom. The van der Waals surface area contributed by atoms with Gasteiger partial charge in [0.25, 0.3) is 0 Å². The van der Waals surface area contributed by atoms with Crippen molar-refractivity contribution in [1.82, 2.24) is 5.06 Å². The molecule has 1 aromatic carbocycles. The normalized spacial score (nSPS) is 18.1. The lowest BCUT2D eigenvalue weighted by molar-refractivity contribution is 0.0209. The molecule has 1 amide bonds. The van der Waals surface area contributed by atoms with Crippen molar-refractivity contribution in [2.45, 2.75) is 32.6 Å². The Kier molecular flexibility index (Phi) is 2.97. The molecule has 2 rings (SSSR count). The van der Waals surface area contributed by atoms with E-state index < -0.39 is 17.9 Å². The van der Waals surface area contributed by atoms with Crippen molar-refractivity contribution < 1.29 is 14.4 Å². The van der Waals surface area contributed by atoms with Crippen LogP contribution in [0, 0.1) is 11.3 Å². The van der Waals surface area contributed by atoms with E-state index in [1.807, 2.05) is 6.07 Å². The first kappa shape index (κ1) is 12.4. The van der Waals surface area contributed by atoms with E-state index in [1.54, 1.807) is 45.0 Å². The number of nitriles is 1. The molecule has 0 aromatic heterocycles. The number of hydroxylamine groups is 2. The molecule has 0 spiro atoms. The van der Waals surface area contributed by atoms with Gasteiger partial charge in [-0.3, -0.25) is 0 Å². The van der Waals surface area contributed by atoms with Gasteiger partial charge < -0.3 is 4.74 Å². The van der Waals surface area contributed by atoms with E-state index in [-0.39, 0.29) is 0 Å². The number of nitrogens with zero attached hydrogens (tertiary/aromatic N) is 2. The van der Waals surface area contributed by atoms with Gasteiger partial charge in [0.1, 0.15) is 5.60 Å². The lowest BCUT2D eigenvalue weighted by atomic mass is 10.1. The maximum absolute atomic E-state index is 11.7. The summed E-state index contributed by atoms with van der Waals surface area (Å²) in [5.74, 6) is 0. The molecule has 1 saturated heterocycles. The van der Waals surface area contributed by atoms with Crippen LogP contribution in [0.1, 0.15) is 38.1 Å². The van der Waals surface area contributed by atoms with Crippen LogP contribution >= 0.6 is 0 Å². The van der Waals surface area contributed by atoms with Gasteiger partial charge in [0.05, 0.1) is 11.6 Å². The third kappa shape index (κ3) is 2.79. The Morgan fingerprint density at radius 1 is 1.39 bits per heavy atom. The molecule has 5 heteroatoms. The van der Waals surface area contributed by atoms with E-state index >= 15 is 0 Å². The summed E-state index contributed by atoms with van der Waals surface area (Å²) in [6, 6.07) is 8.92. The van der Waals surface area contributed by atoms with E-state index in [9.17, 15) is 4.79 Å². The number of hydrogen-bond acceptors (Lipinski definition) is 4.